The number of hydrogen-bond donors (Lipinski definition) is 3. The summed E-state index contributed by atoms with van der Waals surface area (Å²) in [6.45, 7) is 7.68. The van der Waals surface area contributed by atoms with E-state index in [0.29, 0.717) is 18.8 Å². The van der Waals surface area contributed by atoms with Gasteiger partial charge in [-0.3, -0.25) is 15.0 Å². The summed E-state index contributed by atoms with van der Waals surface area (Å²) in [4.78, 5) is 32.5. The van der Waals surface area contributed by atoms with E-state index < -0.39 is 44.5 Å². The number of carbonyl (C=O) groups is 2. The molecule has 210 valence electrons. The molecular formula is C26H43N3O7S. The molecule has 1 aromatic carbocycles. The normalized spacial score (nSPS) is 19.6. The number of carbonyl (C=O) groups excluding carboxylic acids is 2. The Morgan fingerprint density at radius 3 is 2.30 bits per heavy atom. The van der Waals surface area contributed by atoms with E-state index in [-0.39, 0.29) is 31.3 Å². The first-order valence-corrected chi connectivity index (χ1v) is 14.8. The molecule has 0 radical (unpaired) electrons. The maximum Gasteiger partial charge on any atom is 0.249 e. The van der Waals surface area contributed by atoms with Gasteiger partial charge >= 0.3 is 0 Å². The number of nitrogens with one attached hydrogen (secondary N) is 2. The molecule has 0 bridgehead atoms. The van der Waals surface area contributed by atoms with Crippen molar-refractivity contribution in [3.05, 3.63) is 30.3 Å². The Morgan fingerprint density at radius 2 is 1.78 bits per heavy atom. The van der Waals surface area contributed by atoms with E-state index in [0.717, 1.165) is 19.1 Å². The van der Waals surface area contributed by atoms with E-state index in [2.05, 4.69) is 10.9 Å². The molecule has 1 heterocycles. The summed E-state index contributed by atoms with van der Waals surface area (Å²) in [5, 5.41) is 0. The molecule has 37 heavy (non-hydrogen) atoms. The Labute approximate surface area is 220 Å². The van der Waals surface area contributed by atoms with Crippen molar-refractivity contribution < 1.29 is 32.3 Å². The number of hydrazine groups is 1. The van der Waals surface area contributed by atoms with Crippen molar-refractivity contribution in [1.82, 2.24) is 10.9 Å². The predicted molar refractivity (Wildman–Crippen MR) is 141 cm³/mol. The van der Waals surface area contributed by atoms with Gasteiger partial charge in [-0.25, -0.2) is 24.6 Å². The molecule has 1 saturated heterocycles. The van der Waals surface area contributed by atoms with Crippen LogP contribution in [0.4, 0.5) is 0 Å². The molecule has 1 aliphatic rings. The summed E-state index contributed by atoms with van der Waals surface area (Å²) in [6.07, 6.45) is 3.09. The van der Waals surface area contributed by atoms with Gasteiger partial charge in [-0.1, -0.05) is 45.9 Å². The number of para-hydroxylation sites is 1. The molecule has 11 heteroatoms. The van der Waals surface area contributed by atoms with E-state index in [1.807, 2.05) is 33.8 Å². The molecule has 2 unspecified atom stereocenters. The molecule has 1 fully saturated rings. The SMILES string of the molecule is CC(C)C[C@@H](C(=O)NN)[C@@H](C(=O)NOC1CCCCO1)C(COc1ccccc1)(CC(C)C)S(C)(=O)=O. The lowest BCUT2D eigenvalue weighted by molar-refractivity contribution is -0.203. The van der Waals surface area contributed by atoms with Crippen LogP contribution in [0.3, 0.4) is 0 Å². The number of amides is 2. The number of ether oxygens (including phenoxy) is 2. The third kappa shape index (κ3) is 8.66. The minimum Gasteiger partial charge on any atom is -0.492 e. The first-order chi connectivity index (χ1) is 17.4. The van der Waals surface area contributed by atoms with Crippen LogP contribution in [-0.4, -0.2) is 50.7 Å². The first kappa shape index (κ1) is 31.0. The smallest absolute Gasteiger partial charge is 0.249 e. The second-order valence-corrected chi connectivity index (χ2v) is 13.0. The van der Waals surface area contributed by atoms with E-state index in [4.69, 9.17) is 20.2 Å². The number of benzene rings is 1. The Morgan fingerprint density at radius 1 is 1.11 bits per heavy atom. The van der Waals surface area contributed by atoms with Crippen LogP contribution in [0.5, 0.6) is 5.75 Å². The van der Waals surface area contributed by atoms with Crippen LogP contribution in [0, 0.1) is 23.7 Å². The van der Waals surface area contributed by atoms with Gasteiger partial charge in [-0.2, -0.15) is 0 Å². The van der Waals surface area contributed by atoms with Gasteiger partial charge in [-0.15, -0.1) is 0 Å². The van der Waals surface area contributed by atoms with Gasteiger partial charge in [0.2, 0.25) is 11.8 Å². The Bertz CT molecular complexity index is 966. The van der Waals surface area contributed by atoms with E-state index in [1.165, 1.54) is 0 Å². The van der Waals surface area contributed by atoms with Crippen LogP contribution in [-0.2, 0) is 29.0 Å². The van der Waals surface area contributed by atoms with Crippen molar-refractivity contribution >= 4 is 21.7 Å². The zero-order valence-corrected chi connectivity index (χ0v) is 23.4. The van der Waals surface area contributed by atoms with Crippen LogP contribution in [0.25, 0.3) is 0 Å². The molecular weight excluding hydrogens is 498 g/mol. The predicted octanol–water partition coefficient (Wildman–Crippen LogP) is 2.74. The minimum absolute atomic E-state index is 0.0356. The van der Waals surface area contributed by atoms with Crippen molar-refractivity contribution in [2.24, 2.45) is 29.5 Å². The highest BCUT2D eigenvalue weighted by molar-refractivity contribution is 7.92. The second kappa shape index (κ2) is 14.1. The third-order valence-electron chi connectivity index (χ3n) is 6.60. The van der Waals surface area contributed by atoms with Gasteiger partial charge < -0.3 is 9.47 Å². The fourth-order valence-corrected chi connectivity index (χ4v) is 6.61. The molecule has 1 aromatic rings. The average Bonchev–Trinajstić information content (AvgIpc) is 2.85. The van der Waals surface area contributed by atoms with Crippen molar-refractivity contribution in [3.63, 3.8) is 0 Å². The molecule has 2 amide bonds. The lowest BCUT2D eigenvalue weighted by atomic mass is 9.73. The fourth-order valence-electron chi connectivity index (χ4n) is 4.97. The number of hydroxylamine groups is 1. The molecule has 0 aliphatic carbocycles. The maximum absolute atomic E-state index is 13.9. The average molecular weight is 542 g/mol. The number of hydrogen-bond acceptors (Lipinski definition) is 8. The number of sulfone groups is 1. The largest absolute Gasteiger partial charge is 0.492 e. The number of nitrogens with two attached hydrogens (primary N) is 1. The monoisotopic (exact) mass is 541 g/mol. The summed E-state index contributed by atoms with van der Waals surface area (Å²) in [5.41, 5.74) is 4.57. The summed E-state index contributed by atoms with van der Waals surface area (Å²) >= 11 is 0. The first-order valence-electron chi connectivity index (χ1n) is 12.9. The topological polar surface area (TPSA) is 146 Å². The highest BCUT2D eigenvalue weighted by Crippen LogP contribution is 2.41. The zero-order valence-electron chi connectivity index (χ0n) is 22.6. The van der Waals surface area contributed by atoms with Gasteiger partial charge in [0.15, 0.2) is 16.1 Å². The van der Waals surface area contributed by atoms with Crippen LogP contribution >= 0.6 is 0 Å². The minimum atomic E-state index is -4.00. The van der Waals surface area contributed by atoms with Crippen LogP contribution in [0.15, 0.2) is 30.3 Å². The zero-order chi connectivity index (χ0) is 27.6. The van der Waals surface area contributed by atoms with Crippen LogP contribution in [0.1, 0.15) is 59.8 Å². The van der Waals surface area contributed by atoms with Gasteiger partial charge in [-0.05, 0) is 49.7 Å². The molecule has 2 rings (SSSR count). The van der Waals surface area contributed by atoms with Crippen LogP contribution < -0.4 is 21.5 Å². The van der Waals surface area contributed by atoms with Crippen molar-refractivity contribution in [2.75, 3.05) is 19.5 Å². The van der Waals surface area contributed by atoms with Crippen LogP contribution in [0.2, 0.25) is 0 Å². The molecule has 0 aromatic heterocycles. The Hall–Kier alpha value is -2.21. The standard InChI is InChI=1S/C26H43N3O7S/c1-18(2)15-21(24(30)28-27)23(25(31)29-36-22-13-9-10-14-34-22)26(16-19(3)4,37(5,32)33)17-35-20-11-7-6-8-12-20/h6-8,11-12,18-19,21-23H,9-10,13-17,27H2,1-5H3,(H,28,30)(H,29,31)/t21-,22?,23+,26?/m1/s1. The van der Waals surface area contributed by atoms with Crippen molar-refractivity contribution in [1.29, 1.82) is 0 Å². The fraction of sp³-hybridized carbons (Fsp3) is 0.692. The molecule has 4 atom stereocenters. The summed E-state index contributed by atoms with van der Waals surface area (Å²) < 4.78 is 37.1. The van der Waals surface area contributed by atoms with Gasteiger partial charge in [0, 0.05) is 19.3 Å². The van der Waals surface area contributed by atoms with Crippen molar-refractivity contribution in [2.45, 2.75) is 70.8 Å². The van der Waals surface area contributed by atoms with Gasteiger partial charge in [0.25, 0.3) is 0 Å². The summed E-state index contributed by atoms with van der Waals surface area (Å²) in [6, 6.07) is 8.77. The molecule has 0 saturated carbocycles. The quantitative estimate of drug-likeness (QED) is 0.185. The van der Waals surface area contributed by atoms with E-state index in [9.17, 15) is 18.0 Å². The van der Waals surface area contributed by atoms with E-state index in [1.54, 1.807) is 24.3 Å². The Kier molecular flexibility index (Phi) is 11.8. The highest BCUT2D eigenvalue weighted by atomic mass is 32.2. The molecule has 1 aliphatic heterocycles. The Balaban J connectivity index is 2.61. The second-order valence-electron chi connectivity index (χ2n) is 10.6. The van der Waals surface area contributed by atoms with Crippen molar-refractivity contribution in [3.8, 4) is 5.75 Å². The summed E-state index contributed by atoms with van der Waals surface area (Å²) in [5.74, 6) is 2.03. The lowest BCUT2D eigenvalue weighted by Crippen LogP contribution is -2.61. The third-order valence-corrected chi connectivity index (χ3v) is 8.62. The molecule has 0 spiro atoms. The van der Waals surface area contributed by atoms with Gasteiger partial charge in [0.05, 0.1) is 11.8 Å². The lowest BCUT2D eigenvalue weighted by Gasteiger charge is -2.42. The number of rotatable bonds is 14. The van der Waals surface area contributed by atoms with Gasteiger partial charge in [0.1, 0.15) is 17.1 Å². The highest BCUT2D eigenvalue weighted by Gasteiger charge is 2.56. The molecule has 10 nitrogen and oxygen atoms in total. The molecule has 4 N–H and O–H groups in total. The maximum atomic E-state index is 13.9. The van der Waals surface area contributed by atoms with E-state index >= 15 is 0 Å². The summed E-state index contributed by atoms with van der Waals surface area (Å²) in [7, 11) is -4.00.